The molecule has 1 heterocycles. The largest absolute Gasteiger partial charge is 0.487 e. The summed E-state index contributed by atoms with van der Waals surface area (Å²) in [5.74, 6) is -1.69. The van der Waals surface area contributed by atoms with Gasteiger partial charge in [0.25, 0.3) is 0 Å². The first-order valence-corrected chi connectivity index (χ1v) is 5.89. The van der Waals surface area contributed by atoms with E-state index in [1.807, 2.05) is 20.8 Å². The molecule has 1 aliphatic rings. The highest BCUT2D eigenvalue weighted by molar-refractivity contribution is 5.40. The predicted molar refractivity (Wildman–Crippen MR) is 62.1 cm³/mol. The van der Waals surface area contributed by atoms with Crippen LogP contribution in [0.2, 0.25) is 0 Å². The van der Waals surface area contributed by atoms with E-state index in [4.69, 9.17) is 4.74 Å². The van der Waals surface area contributed by atoms with Crippen LogP contribution in [0.4, 0.5) is 8.78 Å². The summed E-state index contributed by atoms with van der Waals surface area (Å²) in [6.45, 7) is 5.92. The monoisotopic (exact) mass is 241 g/mol. The summed E-state index contributed by atoms with van der Waals surface area (Å²) in [6.07, 6.45) is 0.644. The molecule has 0 saturated heterocycles. The summed E-state index contributed by atoms with van der Waals surface area (Å²) in [7, 11) is 0. The Bertz CT molecular complexity index is 420. The standard InChI is InChI=1S/C13H17F2NO/c1-7(2)16-11-6-8(3)17-13-9(11)4-5-10(14)12(13)15/h4-5,7-8,11,16H,6H2,1-3H3. The molecule has 2 unspecified atom stereocenters. The van der Waals surface area contributed by atoms with Gasteiger partial charge in [-0.25, -0.2) is 4.39 Å². The first-order valence-electron chi connectivity index (χ1n) is 5.89. The molecule has 2 nitrogen and oxygen atoms in total. The van der Waals surface area contributed by atoms with E-state index < -0.39 is 11.6 Å². The highest BCUT2D eigenvalue weighted by Crippen LogP contribution is 2.37. The van der Waals surface area contributed by atoms with Crippen molar-refractivity contribution >= 4 is 0 Å². The van der Waals surface area contributed by atoms with Crippen LogP contribution in [0.3, 0.4) is 0 Å². The van der Waals surface area contributed by atoms with Crippen molar-refractivity contribution in [1.82, 2.24) is 5.32 Å². The zero-order valence-electron chi connectivity index (χ0n) is 10.3. The predicted octanol–water partition coefficient (Wildman–Crippen LogP) is 3.17. The van der Waals surface area contributed by atoms with Crippen molar-refractivity contribution in [3.05, 3.63) is 29.3 Å². The second-order valence-electron chi connectivity index (χ2n) is 4.82. The van der Waals surface area contributed by atoms with Crippen LogP contribution in [0.15, 0.2) is 12.1 Å². The van der Waals surface area contributed by atoms with Gasteiger partial charge < -0.3 is 10.1 Å². The van der Waals surface area contributed by atoms with Crippen LogP contribution in [0.1, 0.15) is 38.8 Å². The molecular weight excluding hydrogens is 224 g/mol. The van der Waals surface area contributed by atoms with Gasteiger partial charge in [0, 0.05) is 24.1 Å². The Morgan fingerprint density at radius 2 is 2.06 bits per heavy atom. The molecule has 1 aliphatic heterocycles. The summed E-state index contributed by atoms with van der Waals surface area (Å²) < 4.78 is 32.2. The van der Waals surface area contributed by atoms with Gasteiger partial charge in [0.1, 0.15) is 0 Å². The average molecular weight is 241 g/mol. The Morgan fingerprint density at radius 1 is 1.35 bits per heavy atom. The van der Waals surface area contributed by atoms with Gasteiger partial charge in [-0.3, -0.25) is 0 Å². The number of ether oxygens (including phenoxy) is 1. The van der Waals surface area contributed by atoms with Gasteiger partial charge in [-0.05, 0) is 13.0 Å². The average Bonchev–Trinajstić information content (AvgIpc) is 2.23. The Labute approximate surface area is 100.0 Å². The van der Waals surface area contributed by atoms with Gasteiger partial charge >= 0.3 is 0 Å². The smallest absolute Gasteiger partial charge is 0.200 e. The summed E-state index contributed by atoms with van der Waals surface area (Å²) in [5, 5.41) is 3.35. The van der Waals surface area contributed by atoms with Crippen LogP contribution in [0, 0.1) is 11.6 Å². The lowest BCUT2D eigenvalue weighted by atomic mass is 9.96. The molecule has 0 aromatic heterocycles. The van der Waals surface area contributed by atoms with E-state index in [1.54, 1.807) is 6.07 Å². The molecule has 1 aromatic carbocycles. The number of benzene rings is 1. The minimum absolute atomic E-state index is 0.0175. The molecule has 4 heteroatoms. The topological polar surface area (TPSA) is 21.3 Å². The lowest BCUT2D eigenvalue weighted by molar-refractivity contribution is 0.153. The number of nitrogens with one attached hydrogen (secondary N) is 1. The fourth-order valence-corrected chi connectivity index (χ4v) is 2.21. The molecule has 0 bridgehead atoms. The van der Waals surface area contributed by atoms with E-state index >= 15 is 0 Å². The summed E-state index contributed by atoms with van der Waals surface area (Å²) in [6, 6.07) is 3.05. The molecule has 0 aliphatic carbocycles. The zero-order chi connectivity index (χ0) is 12.6. The van der Waals surface area contributed by atoms with E-state index in [9.17, 15) is 8.78 Å². The lowest BCUT2D eigenvalue weighted by Gasteiger charge is -2.32. The first-order chi connectivity index (χ1) is 7.99. The van der Waals surface area contributed by atoms with Crippen molar-refractivity contribution in [1.29, 1.82) is 0 Å². The van der Waals surface area contributed by atoms with Crippen LogP contribution in [-0.2, 0) is 0 Å². The molecule has 0 spiro atoms. The molecule has 0 radical (unpaired) electrons. The van der Waals surface area contributed by atoms with E-state index in [0.29, 0.717) is 5.56 Å². The highest BCUT2D eigenvalue weighted by Gasteiger charge is 2.29. The zero-order valence-corrected chi connectivity index (χ0v) is 10.3. The Morgan fingerprint density at radius 3 is 2.71 bits per heavy atom. The summed E-state index contributed by atoms with van der Waals surface area (Å²) >= 11 is 0. The molecule has 1 aromatic rings. The van der Waals surface area contributed by atoms with E-state index in [-0.39, 0.29) is 23.9 Å². The molecule has 0 saturated carbocycles. The van der Waals surface area contributed by atoms with Crippen LogP contribution >= 0.6 is 0 Å². The third-order valence-electron chi connectivity index (χ3n) is 2.88. The third kappa shape index (κ3) is 2.41. The van der Waals surface area contributed by atoms with Gasteiger partial charge in [-0.15, -0.1) is 0 Å². The van der Waals surface area contributed by atoms with Crippen LogP contribution < -0.4 is 10.1 Å². The number of fused-ring (bicyclic) bond motifs is 1. The fourth-order valence-electron chi connectivity index (χ4n) is 2.21. The molecule has 0 fully saturated rings. The lowest BCUT2D eigenvalue weighted by Crippen LogP contribution is -2.35. The number of halogens is 2. The van der Waals surface area contributed by atoms with Crippen molar-refractivity contribution < 1.29 is 13.5 Å². The van der Waals surface area contributed by atoms with Gasteiger partial charge in [0.05, 0.1) is 6.10 Å². The molecule has 2 atom stereocenters. The van der Waals surface area contributed by atoms with Crippen molar-refractivity contribution in [3.8, 4) is 5.75 Å². The van der Waals surface area contributed by atoms with Gasteiger partial charge in [-0.2, -0.15) is 4.39 Å². The van der Waals surface area contributed by atoms with Crippen molar-refractivity contribution in [2.24, 2.45) is 0 Å². The van der Waals surface area contributed by atoms with E-state index in [2.05, 4.69) is 5.32 Å². The molecule has 2 rings (SSSR count). The van der Waals surface area contributed by atoms with Crippen LogP contribution in [0.5, 0.6) is 5.75 Å². The Kier molecular flexibility index (Phi) is 3.33. The maximum absolute atomic E-state index is 13.6. The quantitative estimate of drug-likeness (QED) is 0.858. The van der Waals surface area contributed by atoms with Crippen molar-refractivity contribution in [2.75, 3.05) is 0 Å². The van der Waals surface area contributed by atoms with E-state index in [0.717, 1.165) is 12.5 Å². The fraction of sp³-hybridized carbons (Fsp3) is 0.538. The second-order valence-corrected chi connectivity index (χ2v) is 4.82. The minimum Gasteiger partial charge on any atom is -0.487 e. The minimum atomic E-state index is -0.885. The van der Waals surface area contributed by atoms with E-state index in [1.165, 1.54) is 0 Å². The van der Waals surface area contributed by atoms with Gasteiger partial charge in [0.2, 0.25) is 5.82 Å². The number of hydrogen-bond donors (Lipinski definition) is 1. The molecule has 94 valence electrons. The maximum Gasteiger partial charge on any atom is 0.200 e. The SMILES string of the molecule is CC(C)NC1CC(C)Oc2c1ccc(F)c2F. The molecule has 0 amide bonds. The Balaban J connectivity index is 2.40. The molecular formula is C13H17F2NO. The van der Waals surface area contributed by atoms with Crippen LogP contribution in [0.25, 0.3) is 0 Å². The van der Waals surface area contributed by atoms with Gasteiger partial charge in [0.15, 0.2) is 11.6 Å². The van der Waals surface area contributed by atoms with Crippen molar-refractivity contribution in [2.45, 2.75) is 45.4 Å². The highest BCUT2D eigenvalue weighted by atomic mass is 19.2. The number of rotatable bonds is 2. The van der Waals surface area contributed by atoms with Crippen molar-refractivity contribution in [3.63, 3.8) is 0 Å². The number of hydrogen-bond acceptors (Lipinski definition) is 2. The summed E-state index contributed by atoms with van der Waals surface area (Å²) in [5.41, 5.74) is 0.704. The first kappa shape index (κ1) is 12.3. The second kappa shape index (κ2) is 4.61. The summed E-state index contributed by atoms with van der Waals surface area (Å²) in [4.78, 5) is 0. The molecule has 1 N–H and O–H groups in total. The normalized spacial score (nSPS) is 23.4. The Hall–Kier alpha value is -1.16. The third-order valence-corrected chi connectivity index (χ3v) is 2.88. The van der Waals surface area contributed by atoms with Gasteiger partial charge in [-0.1, -0.05) is 19.9 Å². The molecule has 17 heavy (non-hydrogen) atoms. The maximum atomic E-state index is 13.6. The van der Waals surface area contributed by atoms with Crippen LogP contribution in [-0.4, -0.2) is 12.1 Å².